The number of rotatable bonds is 4. The van der Waals surface area contributed by atoms with E-state index in [1.54, 1.807) is 18.2 Å². The van der Waals surface area contributed by atoms with Crippen molar-refractivity contribution >= 4 is 11.8 Å². The lowest BCUT2D eigenvalue weighted by Gasteiger charge is -2.19. The average Bonchev–Trinajstić information content (AvgIpc) is 2.35. The Morgan fingerprint density at radius 3 is 2.56 bits per heavy atom. The van der Waals surface area contributed by atoms with Crippen LogP contribution < -0.4 is 9.47 Å². The van der Waals surface area contributed by atoms with E-state index in [4.69, 9.17) is 14.6 Å². The molecule has 0 aromatic heterocycles. The Hall–Kier alpha value is -2.04. The van der Waals surface area contributed by atoms with Crippen molar-refractivity contribution in [3.63, 3.8) is 0 Å². The van der Waals surface area contributed by atoms with Crippen LogP contribution in [0.1, 0.15) is 12.5 Å². The second-order valence-corrected chi connectivity index (χ2v) is 4.18. The molecule has 1 unspecified atom stereocenters. The van der Waals surface area contributed by atoms with Crippen LogP contribution in [0, 0.1) is 5.92 Å². The third-order valence-electron chi connectivity index (χ3n) is 2.84. The van der Waals surface area contributed by atoms with Gasteiger partial charge in [0, 0.05) is 0 Å². The fourth-order valence-electron chi connectivity index (χ4n) is 1.86. The Bertz CT molecular complexity index is 466. The molecule has 0 aliphatic carbocycles. The molecule has 1 aliphatic heterocycles. The lowest BCUT2D eigenvalue weighted by Crippen LogP contribution is -2.24. The summed E-state index contributed by atoms with van der Waals surface area (Å²) in [5.74, 6) is -1.20. The maximum absolute atomic E-state index is 11.2. The van der Waals surface area contributed by atoms with Gasteiger partial charge in [-0.2, -0.15) is 0 Å². The quantitative estimate of drug-likeness (QED) is 0.815. The number of ketones is 1. The number of carboxylic acid groups (broad SMARTS) is 1. The molecule has 0 saturated heterocycles. The molecule has 0 amide bonds. The summed E-state index contributed by atoms with van der Waals surface area (Å²) in [6, 6.07) is 5.22. The molecular formula is C13H14O5. The molecule has 1 aliphatic rings. The van der Waals surface area contributed by atoms with Gasteiger partial charge in [-0.05, 0) is 31.0 Å². The van der Waals surface area contributed by atoms with Crippen molar-refractivity contribution in [3.8, 4) is 11.5 Å². The lowest BCUT2D eigenvalue weighted by molar-refractivity contribution is -0.145. The number of hydrogen-bond acceptors (Lipinski definition) is 4. The molecule has 5 heteroatoms. The summed E-state index contributed by atoms with van der Waals surface area (Å²) in [6.07, 6.45) is 0.168. The topological polar surface area (TPSA) is 72.8 Å². The number of carbonyl (C=O) groups excluding carboxylic acids is 1. The molecule has 1 N–H and O–H groups in total. The van der Waals surface area contributed by atoms with Gasteiger partial charge in [-0.3, -0.25) is 9.59 Å². The van der Waals surface area contributed by atoms with Crippen molar-refractivity contribution in [3.05, 3.63) is 23.8 Å². The maximum atomic E-state index is 11.2. The molecule has 5 nitrogen and oxygen atoms in total. The third-order valence-corrected chi connectivity index (χ3v) is 2.84. The molecule has 18 heavy (non-hydrogen) atoms. The van der Waals surface area contributed by atoms with Crippen LogP contribution in [0.3, 0.4) is 0 Å². The zero-order chi connectivity index (χ0) is 13.1. The normalized spacial score (nSPS) is 14.9. The molecule has 1 heterocycles. The molecule has 0 fully saturated rings. The smallest absolute Gasteiger partial charge is 0.314 e. The zero-order valence-electron chi connectivity index (χ0n) is 10.0. The molecular weight excluding hydrogens is 236 g/mol. The van der Waals surface area contributed by atoms with E-state index in [-0.39, 0.29) is 12.2 Å². The first kappa shape index (κ1) is 12.4. The van der Waals surface area contributed by atoms with Crippen LogP contribution in [0.4, 0.5) is 0 Å². The van der Waals surface area contributed by atoms with E-state index in [0.717, 1.165) is 5.56 Å². The highest BCUT2D eigenvalue weighted by Crippen LogP contribution is 2.31. The van der Waals surface area contributed by atoms with Crippen molar-refractivity contribution < 1.29 is 24.2 Å². The van der Waals surface area contributed by atoms with Crippen LogP contribution in [-0.4, -0.2) is 30.1 Å². The number of fused-ring (bicyclic) bond motifs is 1. The third kappa shape index (κ3) is 2.61. The van der Waals surface area contributed by atoms with E-state index in [1.165, 1.54) is 6.92 Å². The molecule has 1 atom stereocenters. The number of carbonyl (C=O) groups is 2. The minimum Gasteiger partial charge on any atom is -0.486 e. The van der Waals surface area contributed by atoms with Crippen LogP contribution in [0.5, 0.6) is 11.5 Å². The number of carboxylic acids is 1. The van der Waals surface area contributed by atoms with Crippen LogP contribution >= 0.6 is 0 Å². The Morgan fingerprint density at radius 2 is 1.94 bits per heavy atom. The van der Waals surface area contributed by atoms with Gasteiger partial charge < -0.3 is 14.6 Å². The van der Waals surface area contributed by atoms with E-state index in [0.29, 0.717) is 24.7 Å². The van der Waals surface area contributed by atoms with E-state index >= 15 is 0 Å². The first-order valence-electron chi connectivity index (χ1n) is 5.69. The number of Topliss-reactive ketones (excluding diaryl/α,β-unsaturated/α-hetero) is 1. The highest BCUT2D eigenvalue weighted by atomic mass is 16.6. The molecule has 0 radical (unpaired) electrons. The predicted octanol–water partition coefficient (Wildman–Crippen LogP) is 1.29. The van der Waals surface area contributed by atoms with Crippen LogP contribution in [0.15, 0.2) is 18.2 Å². The predicted molar refractivity (Wildman–Crippen MR) is 62.9 cm³/mol. The van der Waals surface area contributed by atoms with Gasteiger partial charge in [-0.25, -0.2) is 0 Å². The number of ether oxygens (including phenoxy) is 2. The van der Waals surface area contributed by atoms with Crippen molar-refractivity contribution in [2.45, 2.75) is 13.3 Å². The van der Waals surface area contributed by atoms with E-state index < -0.39 is 11.9 Å². The largest absolute Gasteiger partial charge is 0.486 e. The molecule has 1 aromatic carbocycles. The summed E-state index contributed by atoms with van der Waals surface area (Å²) in [5, 5.41) is 8.97. The molecule has 0 saturated carbocycles. The number of hydrogen-bond donors (Lipinski definition) is 1. The molecule has 0 bridgehead atoms. The van der Waals surface area contributed by atoms with Gasteiger partial charge in [-0.15, -0.1) is 0 Å². The van der Waals surface area contributed by atoms with E-state index in [9.17, 15) is 9.59 Å². The van der Waals surface area contributed by atoms with Crippen molar-refractivity contribution in [1.29, 1.82) is 0 Å². The fourth-order valence-corrected chi connectivity index (χ4v) is 1.86. The average molecular weight is 250 g/mol. The number of aliphatic carboxylic acids is 1. The highest BCUT2D eigenvalue weighted by Gasteiger charge is 2.23. The molecule has 1 aromatic rings. The van der Waals surface area contributed by atoms with Gasteiger partial charge in [0.05, 0.1) is 0 Å². The van der Waals surface area contributed by atoms with Crippen LogP contribution in [0.2, 0.25) is 0 Å². The zero-order valence-corrected chi connectivity index (χ0v) is 10.0. The minimum absolute atomic E-state index is 0.168. The molecule has 0 spiro atoms. The second kappa shape index (κ2) is 5.08. The van der Waals surface area contributed by atoms with E-state index in [2.05, 4.69) is 0 Å². The standard InChI is InChI=1S/C13H14O5/c1-8(14)10(13(15)16)6-9-2-3-11-12(7-9)18-5-4-17-11/h2-3,7,10H,4-6H2,1H3,(H,15,16). The SMILES string of the molecule is CC(=O)C(Cc1ccc2c(c1)OCCO2)C(=O)O. The van der Waals surface area contributed by atoms with E-state index in [1.807, 2.05) is 0 Å². The molecule has 2 rings (SSSR count). The first-order chi connectivity index (χ1) is 8.58. The van der Waals surface area contributed by atoms with Gasteiger partial charge in [-0.1, -0.05) is 6.07 Å². The van der Waals surface area contributed by atoms with Crippen molar-refractivity contribution in [2.24, 2.45) is 5.92 Å². The second-order valence-electron chi connectivity index (χ2n) is 4.18. The Labute approximate surface area is 104 Å². The van der Waals surface area contributed by atoms with Gasteiger partial charge in [0.1, 0.15) is 24.9 Å². The summed E-state index contributed by atoms with van der Waals surface area (Å²) in [5.41, 5.74) is 0.752. The summed E-state index contributed by atoms with van der Waals surface area (Å²) in [7, 11) is 0. The van der Waals surface area contributed by atoms with Crippen molar-refractivity contribution in [2.75, 3.05) is 13.2 Å². The summed E-state index contributed by atoms with van der Waals surface area (Å²) < 4.78 is 10.8. The summed E-state index contributed by atoms with van der Waals surface area (Å²) in [6.45, 7) is 2.28. The minimum atomic E-state index is -1.10. The summed E-state index contributed by atoms with van der Waals surface area (Å²) >= 11 is 0. The Kier molecular flexibility index (Phi) is 3.50. The van der Waals surface area contributed by atoms with Crippen LogP contribution in [0.25, 0.3) is 0 Å². The Morgan fingerprint density at radius 1 is 1.28 bits per heavy atom. The van der Waals surface area contributed by atoms with Gasteiger partial charge >= 0.3 is 5.97 Å². The van der Waals surface area contributed by atoms with Gasteiger partial charge in [0.25, 0.3) is 0 Å². The highest BCUT2D eigenvalue weighted by molar-refractivity contribution is 5.97. The first-order valence-corrected chi connectivity index (χ1v) is 5.69. The lowest BCUT2D eigenvalue weighted by atomic mass is 9.96. The monoisotopic (exact) mass is 250 g/mol. The summed E-state index contributed by atoms with van der Waals surface area (Å²) in [4.78, 5) is 22.2. The molecule has 96 valence electrons. The van der Waals surface area contributed by atoms with Gasteiger partial charge in [0.15, 0.2) is 11.5 Å². The van der Waals surface area contributed by atoms with Crippen molar-refractivity contribution in [1.82, 2.24) is 0 Å². The van der Waals surface area contributed by atoms with Crippen LogP contribution in [-0.2, 0) is 16.0 Å². The van der Waals surface area contributed by atoms with Gasteiger partial charge in [0.2, 0.25) is 0 Å². The number of benzene rings is 1. The maximum Gasteiger partial charge on any atom is 0.314 e. The Balaban J connectivity index is 2.18. The fraction of sp³-hybridized carbons (Fsp3) is 0.385.